The fraction of sp³-hybridized carbons (Fsp3) is 0.684. The molecule has 1 atom stereocenters. The van der Waals surface area contributed by atoms with Gasteiger partial charge in [-0.05, 0) is 56.8 Å². The predicted octanol–water partition coefficient (Wildman–Crippen LogP) is 2.97. The Morgan fingerprint density at radius 3 is 2.32 bits per heavy atom. The summed E-state index contributed by atoms with van der Waals surface area (Å²) in [5.41, 5.74) is 0. The molecule has 1 aromatic rings. The summed E-state index contributed by atoms with van der Waals surface area (Å²) in [6.07, 6.45) is 5.03. The molecule has 142 valence electrons. The maximum Gasteiger partial charge on any atom is 0.203 e. The van der Waals surface area contributed by atoms with E-state index >= 15 is 0 Å². The number of hydrogen-bond donors (Lipinski definition) is 1. The first-order chi connectivity index (χ1) is 11.8. The van der Waals surface area contributed by atoms with E-state index in [9.17, 15) is 0 Å². The van der Waals surface area contributed by atoms with Crippen LogP contribution in [0.1, 0.15) is 25.7 Å². The van der Waals surface area contributed by atoms with Crippen LogP contribution in [0.2, 0.25) is 0 Å². The molecule has 2 fully saturated rings. The normalized spacial score (nSPS) is 22.1. The van der Waals surface area contributed by atoms with Crippen molar-refractivity contribution < 1.29 is 14.2 Å². The first kappa shape index (κ1) is 20.1. The minimum atomic E-state index is 0. The van der Waals surface area contributed by atoms with Crippen LogP contribution >= 0.6 is 12.4 Å². The zero-order valence-electron chi connectivity index (χ0n) is 15.3. The number of hydrogen-bond acceptors (Lipinski definition) is 5. The molecule has 2 aliphatic rings. The molecule has 1 unspecified atom stereocenters. The number of halogens is 1. The fourth-order valence-corrected chi connectivity index (χ4v) is 3.75. The zero-order valence-corrected chi connectivity index (χ0v) is 16.1. The monoisotopic (exact) mass is 370 g/mol. The number of ether oxygens (including phenoxy) is 3. The van der Waals surface area contributed by atoms with Gasteiger partial charge < -0.3 is 24.4 Å². The van der Waals surface area contributed by atoms with Gasteiger partial charge in [0.25, 0.3) is 0 Å². The Morgan fingerprint density at radius 2 is 1.76 bits per heavy atom. The molecule has 2 heterocycles. The largest absolute Gasteiger partial charge is 0.493 e. The molecule has 0 bridgehead atoms. The van der Waals surface area contributed by atoms with Crippen LogP contribution in [-0.4, -0.2) is 57.9 Å². The summed E-state index contributed by atoms with van der Waals surface area (Å²) < 4.78 is 17.1. The summed E-state index contributed by atoms with van der Waals surface area (Å²) in [5, 5.41) is 3.51. The van der Waals surface area contributed by atoms with Crippen molar-refractivity contribution >= 4 is 12.4 Å². The lowest BCUT2D eigenvalue weighted by Crippen LogP contribution is -2.43. The van der Waals surface area contributed by atoms with Crippen molar-refractivity contribution in [2.45, 2.75) is 31.8 Å². The van der Waals surface area contributed by atoms with Crippen molar-refractivity contribution in [3.8, 4) is 17.2 Å². The number of methoxy groups -OCH3 is 2. The Bertz CT molecular complexity index is 493. The average molecular weight is 371 g/mol. The number of para-hydroxylation sites is 1. The number of likely N-dealkylation sites (tertiary alicyclic amines) is 1. The number of piperidine rings is 2. The number of rotatable bonds is 6. The van der Waals surface area contributed by atoms with Crippen LogP contribution in [0.25, 0.3) is 0 Å². The molecule has 0 aliphatic carbocycles. The average Bonchev–Trinajstić information content (AvgIpc) is 2.64. The SMILES string of the molecule is COc1cccc(OC)c1OC1CCN(CC2CCCNC2)CC1.Cl. The third kappa shape index (κ3) is 5.40. The van der Waals surface area contributed by atoms with E-state index < -0.39 is 0 Å². The van der Waals surface area contributed by atoms with Crippen LogP contribution in [0.5, 0.6) is 17.2 Å². The van der Waals surface area contributed by atoms with Crippen molar-refractivity contribution in [1.29, 1.82) is 0 Å². The maximum absolute atomic E-state index is 6.25. The minimum Gasteiger partial charge on any atom is -0.493 e. The summed E-state index contributed by atoms with van der Waals surface area (Å²) in [6.45, 7) is 5.80. The summed E-state index contributed by atoms with van der Waals surface area (Å²) in [5.74, 6) is 3.03. The Kier molecular flexibility index (Phi) is 8.13. The molecule has 0 aromatic heterocycles. The Hall–Kier alpha value is -1.17. The van der Waals surface area contributed by atoms with Crippen molar-refractivity contribution in [3.63, 3.8) is 0 Å². The van der Waals surface area contributed by atoms with Crippen LogP contribution in [-0.2, 0) is 0 Å². The Balaban J connectivity index is 0.00000225. The van der Waals surface area contributed by atoms with Gasteiger partial charge in [-0.25, -0.2) is 0 Å². The van der Waals surface area contributed by atoms with E-state index in [0.717, 1.165) is 49.1 Å². The lowest BCUT2D eigenvalue weighted by Gasteiger charge is -2.35. The molecule has 1 N–H and O–H groups in total. The highest BCUT2D eigenvalue weighted by Crippen LogP contribution is 2.38. The molecule has 2 aliphatic heterocycles. The summed E-state index contributed by atoms with van der Waals surface area (Å²) in [6, 6.07) is 5.76. The zero-order chi connectivity index (χ0) is 16.8. The highest BCUT2D eigenvalue weighted by Gasteiger charge is 2.25. The molecule has 0 saturated carbocycles. The fourth-order valence-electron chi connectivity index (χ4n) is 3.75. The molecular weight excluding hydrogens is 340 g/mol. The molecule has 0 amide bonds. The van der Waals surface area contributed by atoms with E-state index in [4.69, 9.17) is 14.2 Å². The summed E-state index contributed by atoms with van der Waals surface area (Å²) in [7, 11) is 3.34. The van der Waals surface area contributed by atoms with E-state index in [0.29, 0.717) is 0 Å². The van der Waals surface area contributed by atoms with Crippen LogP contribution in [0.4, 0.5) is 0 Å². The Morgan fingerprint density at radius 1 is 1.08 bits per heavy atom. The van der Waals surface area contributed by atoms with E-state index in [1.165, 1.54) is 32.5 Å². The molecular formula is C19H31ClN2O3. The second-order valence-electron chi connectivity index (χ2n) is 6.82. The van der Waals surface area contributed by atoms with Gasteiger partial charge in [-0.15, -0.1) is 12.4 Å². The van der Waals surface area contributed by atoms with Crippen molar-refractivity contribution in [3.05, 3.63) is 18.2 Å². The second-order valence-corrected chi connectivity index (χ2v) is 6.82. The molecule has 1 aromatic carbocycles. The van der Waals surface area contributed by atoms with E-state index in [-0.39, 0.29) is 18.5 Å². The van der Waals surface area contributed by atoms with Gasteiger partial charge >= 0.3 is 0 Å². The van der Waals surface area contributed by atoms with E-state index in [1.807, 2.05) is 18.2 Å². The predicted molar refractivity (Wildman–Crippen MR) is 102 cm³/mol. The van der Waals surface area contributed by atoms with Gasteiger partial charge in [0.15, 0.2) is 11.5 Å². The van der Waals surface area contributed by atoms with Gasteiger partial charge in [0.2, 0.25) is 5.75 Å². The topological polar surface area (TPSA) is 43.0 Å². The first-order valence-corrected chi connectivity index (χ1v) is 9.11. The number of benzene rings is 1. The quantitative estimate of drug-likeness (QED) is 0.833. The lowest BCUT2D eigenvalue weighted by molar-refractivity contribution is 0.0837. The highest BCUT2D eigenvalue weighted by molar-refractivity contribution is 5.85. The van der Waals surface area contributed by atoms with E-state index in [1.54, 1.807) is 14.2 Å². The maximum atomic E-state index is 6.25. The molecule has 5 nitrogen and oxygen atoms in total. The van der Waals surface area contributed by atoms with Gasteiger partial charge in [-0.1, -0.05) is 6.07 Å². The van der Waals surface area contributed by atoms with Crippen LogP contribution < -0.4 is 19.5 Å². The van der Waals surface area contributed by atoms with Gasteiger partial charge in [0, 0.05) is 19.6 Å². The van der Waals surface area contributed by atoms with Crippen LogP contribution in [0.15, 0.2) is 18.2 Å². The Labute approximate surface area is 157 Å². The molecule has 25 heavy (non-hydrogen) atoms. The molecule has 0 spiro atoms. The molecule has 0 radical (unpaired) electrons. The highest BCUT2D eigenvalue weighted by atomic mass is 35.5. The summed E-state index contributed by atoms with van der Waals surface area (Å²) >= 11 is 0. The second kappa shape index (κ2) is 10.1. The van der Waals surface area contributed by atoms with Gasteiger partial charge in [0.05, 0.1) is 14.2 Å². The van der Waals surface area contributed by atoms with Crippen molar-refractivity contribution in [1.82, 2.24) is 10.2 Å². The van der Waals surface area contributed by atoms with Crippen molar-refractivity contribution in [2.75, 3.05) is 46.9 Å². The molecule has 3 rings (SSSR count). The van der Waals surface area contributed by atoms with Crippen LogP contribution in [0.3, 0.4) is 0 Å². The first-order valence-electron chi connectivity index (χ1n) is 9.11. The third-order valence-corrected chi connectivity index (χ3v) is 5.12. The lowest BCUT2D eigenvalue weighted by atomic mass is 9.97. The van der Waals surface area contributed by atoms with Gasteiger partial charge in [-0.2, -0.15) is 0 Å². The van der Waals surface area contributed by atoms with Gasteiger partial charge in [-0.3, -0.25) is 0 Å². The molecule has 2 saturated heterocycles. The van der Waals surface area contributed by atoms with E-state index in [2.05, 4.69) is 10.2 Å². The third-order valence-electron chi connectivity index (χ3n) is 5.12. The molecule has 6 heteroatoms. The summed E-state index contributed by atoms with van der Waals surface area (Å²) in [4.78, 5) is 2.59. The van der Waals surface area contributed by atoms with Crippen LogP contribution in [0, 0.1) is 5.92 Å². The minimum absolute atomic E-state index is 0. The van der Waals surface area contributed by atoms with Gasteiger partial charge in [0.1, 0.15) is 6.10 Å². The smallest absolute Gasteiger partial charge is 0.203 e. The standard InChI is InChI=1S/C19H30N2O3.ClH/c1-22-17-6-3-7-18(23-2)19(17)24-16-8-11-21(12-9-16)14-15-5-4-10-20-13-15;/h3,6-7,15-16,20H,4-5,8-14H2,1-2H3;1H. The number of nitrogens with one attached hydrogen (secondary N) is 1. The van der Waals surface area contributed by atoms with Crippen molar-refractivity contribution in [2.24, 2.45) is 5.92 Å². The number of nitrogens with zero attached hydrogens (tertiary/aromatic N) is 1.